The maximum absolute atomic E-state index is 12.7. The lowest BCUT2D eigenvalue weighted by atomic mass is 9.93. The highest BCUT2D eigenvalue weighted by Crippen LogP contribution is 2.21. The van der Waals surface area contributed by atoms with Crippen molar-refractivity contribution in [1.29, 1.82) is 0 Å². The van der Waals surface area contributed by atoms with E-state index in [1.165, 1.54) is 11.3 Å². The minimum atomic E-state index is -0.0783. The monoisotopic (exact) mass is 353 g/mol. The van der Waals surface area contributed by atoms with Gasteiger partial charge in [0.15, 0.2) is 0 Å². The van der Waals surface area contributed by atoms with Gasteiger partial charge in [-0.15, -0.1) is 12.4 Å². The summed E-state index contributed by atoms with van der Waals surface area (Å²) in [7, 11) is 5.40. The van der Waals surface area contributed by atoms with Gasteiger partial charge in [-0.25, -0.2) is 0 Å². The third-order valence-electron chi connectivity index (χ3n) is 4.47. The zero-order chi connectivity index (χ0) is 16.8. The fourth-order valence-corrected chi connectivity index (χ4v) is 3.00. The molecule has 0 bridgehead atoms. The Morgan fingerprint density at radius 3 is 2.42 bits per heavy atom. The molecule has 1 aromatic carbocycles. The molecule has 0 saturated carbocycles. The summed E-state index contributed by atoms with van der Waals surface area (Å²) in [6, 6.07) is 7.03. The summed E-state index contributed by atoms with van der Waals surface area (Å²) in [6.45, 7) is 2.64. The molecular formula is C18H28ClN3O2. The molecule has 134 valence electrons. The van der Waals surface area contributed by atoms with Crippen molar-refractivity contribution in [2.45, 2.75) is 19.3 Å². The molecule has 0 unspecified atom stereocenters. The second-order valence-electron chi connectivity index (χ2n) is 6.41. The zero-order valence-electron chi connectivity index (χ0n) is 14.7. The average molecular weight is 354 g/mol. The van der Waals surface area contributed by atoms with E-state index in [9.17, 15) is 9.59 Å². The lowest BCUT2D eigenvalue weighted by Gasteiger charge is -2.32. The molecule has 1 aromatic rings. The van der Waals surface area contributed by atoms with Crippen LogP contribution in [0.15, 0.2) is 24.3 Å². The van der Waals surface area contributed by atoms with E-state index in [4.69, 9.17) is 0 Å². The molecule has 0 radical (unpaired) electrons. The number of rotatable bonds is 5. The number of nitrogens with zero attached hydrogens (tertiary/aromatic N) is 2. The molecule has 5 nitrogen and oxygen atoms in total. The Bertz CT molecular complexity index is 555. The highest BCUT2D eigenvalue weighted by molar-refractivity contribution is 5.99. The third kappa shape index (κ3) is 5.21. The van der Waals surface area contributed by atoms with E-state index < -0.39 is 0 Å². The van der Waals surface area contributed by atoms with Crippen molar-refractivity contribution in [3.63, 3.8) is 0 Å². The van der Waals surface area contributed by atoms with Crippen LogP contribution in [0.5, 0.6) is 0 Å². The highest BCUT2D eigenvalue weighted by Gasteiger charge is 2.23. The Morgan fingerprint density at radius 1 is 1.21 bits per heavy atom. The van der Waals surface area contributed by atoms with Crippen molar-refractivity contribution in [3.05, 3.63) is 35.4 Å². The van der Waals surface area contributed by atoms with Crippen molar-refractivity contribution in [2.24, 2.45) is 5.92 Å². The van der Waals surface area contributed by atoms with Gasteiger partial charge in [-0.05, 0) is 57.0 Å². The molecule has 1 heterocycles. The first-order valence-corrected chi connectivity index (χ1v) is 8.28. The highest BCUT2D eigenvalue weighted by atomic mass is 35.5. The van der Waals surface area contributed by atoms with Crippen molar-refractivity contribution in [3.8, 4) is 0 Å². The normalized spacial score (nSPS) is 14.9. The quantitative estimate of drug-likeness (QED) is 0.883. The number of nitrogens with one attached hydrogen (secondary N) is 1. The smallest absolute Gasteiger partial charge is 0.253 e. The number of halogens is 1. The minimum absolute atomic E-state index is 0. The van der Waals surface area contributed by atoms with Gasteiger partial charge in [0, 0.05) is 38.3 Å². The summed E-state index contributed by atoms with van der Waals surface area (Å²) in [5, 5.41) is 3.18. The molecule has 1 saturated heterocycles. The summed E-state index contributed by atoms with van der Waals surface area (Å²) >= 11 is 0. The summed E-state index contributed by atoms with van der Waals surface area (Å²) in [5.74, 6) is 0.657. The lowest BCUT2D eigenvalue weighted by Crippen LogP contribution is -2.39. The molecular weight excluding hydrogens is 326 g/mol. The maximum atomic E-state index is 12.7. The predicted molar refractivity (Wildman–Crippen MR) is 98.9 cm³/mol. The third-order valence-corrected chi connectivity index (χ3v) is 4.47. The van der Waals surface area contributed by atoms with Crippen molar-refractivity contribution >= 4 is 24.2 Å². The van der Waals surface area contributed by atoms with Crippen LogP contribution in [0.3, 0.4) is 0 Å². The van der Waals surface area contributed by atoms with Crippen molar-refractivity contribution in [2.75, 3.05) is 40.8 Å². The fourth-order valence-electron chi connectivity index (χ4n) is 3.00. The molecule has 6 heteroatoms. The van der Waals surface area contributed by atoms with E-state index in [0.29, 0.717) is 17.0 Å². The van der Waals surface area contributed by atoms with Crippen LogP contribution < -0.4 is 5.32 Å². The van der Waals surface area contributed by atoms with Gasteiger partial charge in [0.25, 0.3) is 11.8 Å². The van der Waals surface area contributed by atoms with Gasteiger partial charge in [-0.1, -0.05) is 6.07 Å². The van der Waals surface area contributed by atoms with Gasteiger partial charge in [0.05, 0.1) is 0 Å². The molecule has 0 atom stereocenters. The predicted octanol–water partition coefficient (Wildman–Crippen LogP) is 2.27. The van der Waals surface area contributed by atoms with Gasteiger partial charge in [-0.3, -0.25) is 9.59 Å². The fraction of sp³-hybridized carbons (Fsp3) is 0.556. The lowest BCUT2D eigenvalue weighted by molar-refractivity contribution is 0.0687. The Hall–Kier alpha value is -1.59. The van der Waals surface area contributed by atoms with E-state index >= 15 is 0 Å². The van der Waals surface area contributed by atoms with Gasteiger partial charge in [0.1, 0.15) is 0 Å². The molecule has 0 spiro atoms. The summed E-state index contributed by atoms with van der Waals surface area (Å²) < 4.78 is 0. The van der Waals surface area contributed by atoms with Crippen molar-refractivity contribution < 1.29 is 9.59 Å². The molecule has 24 heavy (non-hydrogen) atoms. The number of hydrogen-bond donors (Lipinski definition) is 1. The summed E-state index contributed by atoms with van der Waals surface area (Å²) in [6.07, 6.45) is 3.29. The maximum Gasteiger partial charge on any atom is 0.253 e. The number of carbonyl (C=O) groups is 2. The first kappa shape index (κ1) is 20.5. The second kappa shape index (κ2) is 9.64. The van der Waals surface area contributed by atoms with Crippen LogP contribution in [-0.2, 0) is 0 Å². The van der Waals surface area contributed by atoms with Crippen LogP contribution in [0.25, 0.3) is 0 Å². The van der Waals surface area contributed by atoms with E-state index in [1.807, 2.05) is 11.9 Å². The second-order valence-corrected chi connectivity index (χ2v) is 6.41. The SMILES string of the molecule is CNCCC1CCN(C(=O)c2cccc(C(=O)N(C)C)c2)CC1.Cl. The molecule has 1 fully saturated rings. The van der Waals surface area contributed by atoms with E-state index in [2.05, 4.69) is 5.32 Å². The van der Waals surface area contributed by atoms with Crippen molar-refractivity contribution in [1.82, 2.24) is 15.1 Å². The minimum Gasteiger partial charge on any atom is -0.345 e. The molecule has 0 aliphatic carbocycles. The molecule has 0 aromatic heterocycles. The van der Waals surface area contributed by atoms with Gasteiger partial charge >= 0.3 is 0 Å². The average Bonchev–Trinajstić information content (AvgIpc) is 2.59. The van der Waals surface area contributed by atoms with Crippen LogP contribution in [0, 0.1) is 5.92 Å². The molecule has 2 amide bonds. The molecule has 1 aliphatic heterocycles. The zero-order valence-corrected chi connectivity index (χ0v) is 15.6. The number of amides is 2. The molecule has 1 N–H and O–H groups in total. The Kier molecular flexibility index (Phi) is 8.22. The van der Waals surface area contributed by atoms with Gasteiger partial charge in [-0.2, -0.15) is 0 Å². The van der Waals surface area contributed by atoms with E-state index in [1.54, 1.807) is 38.4 Å². The summed E-state index contributed by atoms with van der Waals surface area (Å²) in [4.78, 5) is 28.1. The number of hydrogen-bond acceptors (Lipinski definition) is 3. The Balaban J connectivity index is 0.00000288. The Labute approximate surface area is 150 Å². The number of benzene rings is 1. The van der Waals surface area contributed by atoms with Gasteiger partial charge < -0.3 is 15.1 Å². The van der Waals surface area contributed by atoms with Crippen LogP contribution in [0.4, 0.5) is 0 Å². The number of likely N-dealkylation sites (tertiary alicyclic amines) is 1. The first-order valence-electron chi connectivity index (χ1n) is 8.28. The molecule has 1 aliphatic rings. The van der Waals surface area contributed by atoms with Crippen LogP contribution in [0.2, 0.25) is 0 Å². The van der Waals surface area contributed by atoms with Crippen LogP contribution in [0.1, 0.15) is 40.0 Å². The first-order chi connectivity index (χ1) is 11.0. The Morgan fingerprint density at radius 2 is 1.83 bits per heavy atom. The topological polar surface area (TPSA) is 52.7 Å². The number of carbonyl (C=O) groups excluding carboxylic acids is 2. The van der Waals surface area contributed by atoms with Gasteiger partial charge in [0.2, 0.25) is 0 Å². The summed E-state index contributed by atoms with van der Waals surface area (Å²) in [5.41, 5.74) is 1.16. The van der Waals surface area contributed by atoms with E-state index in [0.717, 1.165) is 32.5 Å². The van der Waals surface area contributed by atoms with Crippen LogP contribution in [-0.4, -0.2) is 62.4 Å². The number of piperidine rings is 1. The molecule has 2 rings (SSSR count). The van der Waals surface area contributed by atoms with E-state index in [-0.39, 0.29) is 24.2 Å². The standard InChI is InChI=1S/C18H27N3O2.ClH/c1-19-10-7-14-8-11-21(12-9-14)18(23)16-6-4-5-15(13-16)17(22)20(2)3;/h4-6,13-14,19H,7-12H2,1-3H3;1H. The van der Waals surface area contributed by atoms with Crippen LogP contribution >= 0.6 is 12.4 Å². The largest absolute Gasteiger partial charge is 0.345 e.